The molecule has 2 bridgehead atoms. The second kappa shape index (κ2) is 6.11. The standard InChI is InChI=1S/C17H17ClN2O4/c18-14-10-11-9-13(1-2-15(11)24-16(14)21)23-17(22)20-8-7-19-5-3-12(20)4-6-19/h1-2,9-10,12H,3-8H2. The van der Waals surface area contributed by atoms with Crippen LogP contribution in [0.4, 0.5) is 4.79 Å². The predicted octanol–water partition coefficient (Wildman–Crippen LogP) is 2.73. The fraction of sp³-hybridized carbons (Fsp3) is 0.412. The molecule has 3 aliphatic heterocycles. The first-order valence-corrected chi connectivity index (χ1v) is 8.42. The lowest BCUT2D eigenvalue weighted by molar-refractivity contribution is 0.131. The van der Waals surface area contributed by atoms with Gasteiger partial charge in [0, 0.05) is 37.6 Å². The van der Waals surface area contributed by atoms with Gasteiger partial charge in [0.05, 0.1) is 0 Å². The lowest BCUT2D eigenvalue weighted by atomic mass is 10.1. The molecule has 0 spiro atoms. The molecule has 2 aromatic rings. The van der Waals surface area contributed by atoms with Crippen molar-refractivity contribution < 1.29 is 13.9 Å². The lowest BCUT2D eigenvalue weighted by Crippen LogP contribution is -2.43. The Morgan fingerprint density at radius 2 is 1.96 bits per heavy atom. The maximum absolute atomic E-state index is 12.6. The topological polar surface area (TPSA) is 63.0 Å². The molecule has 0 unspecified atom stereocenters. The van der Waals surface area contributed by atoms with Crippen molar-refractivity contribution in [3.63, 3.8) is 0 Å². The second-order valence-electron chi connectivity index (χ2n) is 6.22. The van der Waals surface area contributed by atoms with Crippen LogP contribution >= 0.6 is 11.6 Å². The maximum atomic E-state index is 12.6. The number of rotatable bonds is 1. The normalized spacial score (nSPS) is 23.3. The number of hydrogen-bond donors (Lipinski definition) is 0. The molecule has 5 rings (SSSR count). The summed E-state index contributed by atoms with van der Waals surface area (Å²) in [4.78, 5) is 28.2. The maximum Gasteiger partial charge on any atom is 0.415 e. The zero-order valence-corrected chi connectivity index (χ0v) is 13.8. The smallest absolute Gasteiger partial charge is 0.415 e. The molecule has 24 heavy (non-hydrogen) atoms. The van der Waals surface area contributed by atoms with Crippen LogP contribution < -0.4 is 10.4 Å². The Balaban J connectivity index is 1.56. The molecular formula is C17H17ClN2O4. The number of fused-ring (bicyclic) bond motifs is 5. The quantitative estimate of drug-likeness (QED) is 0.741. The number of nitrogens with zero attached hydrogens (tertiary/aromatic N) is 2. The van der Waals surface area contributed by atoms with Gasteiger partial charge in [-0.3, -0.25) is 0 Å². The number of hydrogen-bond acceptors (Lipinski definition) is 5. The summed E-state index contributed by atoms with van der Waals surface area (Å²) in [5.41, 5.74) is -0.172. The van der Waals surface area contributed by atoms with Crippen LogP contribution in [0, 0.1) is 0 Å². The molecule has 7 heteroatoms. The van der Waals surface area contributed by atoms with Crippen LogP contribution in [0.15, 0.2) is 33.5 Å². The van der Waals surface area contributed by atoms with E-state index in [0.717, 1.165) is 32.5 Å². The van der Waals surface area contributed by atoms with Crippen molar-refractivity contribution in [2.45, 2.75) is 18.9 Å². The van der Waals surface area contributed by atoms with Crippen molar-refractivity contribution in [2.24, 2.45) is 0 Å². The van der Waals surface area contributed by atoms with Crippen molar-refractivity contribution in [3.05, 3.63) is 39.7 Å². The van der Waals surface area contributed by atoms with Crippen LogP contribution in [0.5, 0.6) is 5.75 Å². The first kappa shape index (κ1) is 15.5. The molecule has 0 atom stereocenters. The third-order valence-corrected chi connectivity index (χ3v) is 5.02. The molecule has 1 aromatic carbocycles. The number of ether oxygens (including phenoxy) is 1. The summed E-state index contributed by atoms with van der Waals surface area (Å²) in [6.07, 6.45) is 1.66. The van der Waals surface area contributed by atoms with Crippen molar-refractivity contribution in [3.8, 4) is 5.75 Å². The highest BCUT2D eigenvalue weighted by Crippen LogP contribution is 2.25. The van der Waals surface area contributed by atoms with Gasteiger partial charge in [0.1, 0.15) is 16.4 Å². The van der Waals surface area contributed by atoms with E-state index >= 15 is 0 Å². The van der Waals surface area contributed by atoms with Gasteiger partial charge < -0.3 is 19.0 Å². The van der Waals surface area contributed by atoms with Gasteiger partial charge in [-0.1, -0.05) is 11.6 Å². The monoisotopic (exact) mass is 348 g/mol. The molecule has 3 fully saturated rings. The molecule has 3 saturated heterocycles. The Labute approximate surface area is 143 Å². The van der Waals surface area contributed by atoms with E-state index in [1.165, 1.54) is 6.07 Å². The lowest BCUT2D eigenvalue weighted by Gasteiger charge is -2.30. The molecule has 4 heterocycles. The van der Waals surface area contributed by atoms with Gasteiger partial charge in [-0.25, -0.2) is 9.59 Å². The van der Waals surface area contributed by atoms with E-state index in [-0.39, 0.29) is 17.2 Å². The predicted molar refractivity (Wildman–Crippen MR) is 89.7 cm³/mol. The van der Waals surface area contributed by atoms with Crippen molar-refractivity contribution in [1.29, 1.82) is 0 Å². The Kier molecular flexibility index (Phi) is 3.94. The Morgan fingerprint density at radius 3 is 2.75 bits per heavy atom. The van der Waals surface area contributed by atoms with Gasteiger partial charge in [0.15, 0.2) is 0 Å². The first-order valence-electron chi connectivity index (χ1n) is 8.04. The van der Waals surface area contributed by atoms with E-state index in [1.54, 1.807) is 18.2 Å². The molecule has 126 valence electrons. The van der Waals surface area contributed by atoms with Crippen LogP contribution in [0.25, 0.3) is 11.0 Å². The summed E-state index contributed by atoms with van der Waals surface area (Å²) in [5.74, 6) is 0.413. The van der Waals surface area contributed by atoms with Crippen molar-refractivity contribution in [1.82, 2.24) is 9.80 Å². The van der Waals surface area contributed by atoms with Crippen molar-refractivity contribution >= 4 is 28.7 Å². The molecule has 3 aliphatic rings. The molecule has 0 aliphatic carbocycles. The zero-order valence-electron chi connectivity index (χ0n) is 13.0. The number of amides is 1. The highest BCUT2D eigenvalue weighted by molar-refractivity contribution is 6.30. The fourth-order valence-corrected chi connectivity index (χ4v) is 3.58. The highest BCUT2D eigenvalue weighted by atomic mass is 35.5. The van der Waals surface area contributed by atoms with E-state index in [2.05, 4.69) is 4.90 Å². The van der Waals surface area contributed by atoms with Crippen LogP contribution in [0.2, 0.25) is 5.02 Å². The minimum atomic E-state index is -0.579. The Morgan fingerprint density at radius 1 is 1.17 bits per heavy atom. The first-order chi connectivity index (χ1) is 11.6. The number of carbonyl (C=O) groups is 1. The van der Waals surface area contributed by atoms with Gasteiger partial charge >= 0.3 is 11.7 Å². The highest BCUT2D eigenvalue weighted by Gasteiger charge is 2.32. The largest absolute Gasteiger partial charge is 0.422 e. The van der Waals surface area contributed by atoms with E-state index in [4.69, 9.17) is 20.8 Å². The van der Waals surface area contributed by atoms with Gasteiger partial charge in [0.25, 0.3) is 0 Å². The summed E-state index contributed by atoms with van der Waals surface area (Å²) in [7, 11) is 0. The molecule has 0 radical (unpaired) electrons. The molecule has 0 saturated carbocycles. The number of carbonyl (C=O) groups excluding carboxylic acids is 1. The SMILES string of the molecule is O=C(Oc1ccc2oc(=O)c(Cl)cc2c1)N1CCN2CCC1CC2. The van der Waals surface area contributed by atoms with E-state index in [1.807, 2.05) is 4.90 Å². The summed E-state index contributed by atoms with van der Waals surface area (Å²) >= 11 is 5.80. The summed E-state index contributed by atoms with van der Waals surface area (Å²) in [5, 5.41) is 0.623. The summed E-state index contributed by atoms with van der Waals surface area (Å²) in [6, 6.07) is 6.65. The van der Waals surface area contributed by atoms with Crippen LogP contribution in [-0.2, 0) is 0 Å². The molecule has 1 amide bonds. The van der Waals surface area contributed by atoms with Gasteiger partial charge in [-0.15, -0.1) is 0 Å². The number of benzene rings is 1. The van der Waals surface area contributed by atoms with E-state index < -0.39 is 5.63 Å². The van der Waals surface area contributed by atoms with Gasteiger partial charge in [-0.05, 0) is 37.1 Å². The Bertz CT molecular complexity index is 842. The summed E-state index contributed by atoms with van der Waals surface area (Å²) < 4.78 is 10.6. The molecular weight excluding hydrogens is 332 g/mol. The third kappa shape index (κ3) is 2.87. The average Bonchev–Trinajstić information content (AvgIpc) is 2.90. The average molecular weight is 349 g/mol. The minimum absolute atomic E-state index is 0.00421. The van der Waals surface area contributed by atoms with Crippen LogP contribution in [0.3, 0.4) is 0 Å². The van der Waals surface area contributed by atoms with Crippen molar-refractivity contribution in [2.75, 3.05) is 26.2 Å². The Hall–Kier alpha value is -2.05. The summed E-state index contributed by atoms with van der Waals surface area (Å²) in [6.45, 7) is 3.67. The molecule has 0 N–H and O–H groups in total. The van der Waals surface area contributed by atoms with Gasteiger partial charge in [0.2, 0.25) is 0 Å². The molecule has 6 nitrogen and oxygen atoms in total. The second-order valence-corrected chi connectivity index (χ2v) is 6.62. The fourth-order valence-electron chi connectivity index (χ4n) is 3.43. The number of piperidine rings is 1. The van der Waals surface area contributed by atoms with Crippen LogP contribution in [0.1, 0.15) is 12.8 Å². The zero-order chi connectivity index (χ0) is 16.7. The minimum Gasteiger partial charge on any atom is -0.422 e. The number of halogens is 1. The van der Waals surface area contributed by atoms with E-state index in [9.17, 15) is 9.59 Å². The molecule has 1 aromatic heterocycles. The third-order valence-electron chi connectivity index (χ3n) is 4.76. The van der Waals surface area contributed by atoms with E-state index in [0.29, 0.717) is 23.3 Å². The van der Waals surface area contributed by atoms with Crippen LogP contribution in [-0.4, -0.2) is 48.1 Å². The van der Waals surface area contributed by atoms with Gasteiger partial charge in [-0.2, -0.15) is 0 Å².